The SMILES string of the molecule is Cc1ccc(S(=O)(=O)N(Cc2ccco2)c2ccccn2)c([N+](=O)[O-])c1. The second kappa shape index (κ2) is 6.96. The summed E-state index contributed by atoms with van der Waals surface area (Å²) in [7, 11) is -4.25. The van der Waals surface area contributed by atoms with Crippen LogP contribution >= 0.6 is 0 Å². The number of pyridine rings is 1. The van der Waals surface area contributed by atoms with Crippen LogP contribution in [0.25, 0.3) is 0 Å². The molecule has 3 aromatic rings. The van der Waals surface area contributed by atoms with E-state index in [2.05, 4.69) is 4.98 Å². The maximum atomic E-state index is 13.2. The van der Waals surface area contributed by atoms with Crippen LogP contribution in [0.1, 0.15) is 11.3 Å². The van der Waals surface area contributed by atoms with Crippen molar-refractivity contribution in [3.63, 3.8) is 0 Å². The number of furan rings is 1. The molecule has 0 saturated heterocycles. The summed E-state index contributed by atoms with van der Waals surface area (Å²) in [4.78, 5) is 14.4. The molecule has 8 nitrogen and oxygen atoms in total. The third-order valence-electron chi connectivity index (χ3n) is 3.66. The smallest absolute Gasteiger partial charge is 0.290 e. The molecule has 0 atom stereocenters. The quantitative estimate of drug-likeness (QED) is 0.485. The number of rotatable bonds is 6. The van der Waals surface area contributed by atoms with E-state index in [-0.39, 0.29) is 12.4 Å². The van der Waals surface area contributed by atoms with Gasteiger partial charge in [-0.2, -0.15) is 0 Å². The van der Waals surface area contributed by atoms with Gasteiger partial charge >= 0.3 is 0 Å². The van der Waals surface area contributed by atoms with Gasteiger partial charge in [0.1, 0.15) is 11.6 Å². The molecule has 0 fully saturated rings. The first-order valence-corrected chi connectivity index (χ1v) is 9.05. The average molecular weight is 373 g/mol. The Morgan fingerprint density at radius 3 is 2.62 bits per heavy atom. The second-order valence-electron chi connectivity index (χ2n) is 5.51. The average Bonchev–Trinajstić information content (AvgIpc) is 3.13. The molecule has 0 aliphatic heterocycles. The molecule has 1 aromatic carbocycles. The highest BCUT2D eigenvalue weighted by Crippen LogP contribution is 2.31. The summed E-state index contributed by atoms with van der Waals surface area (Å²) >= 11 is 0. The number of benzene rings is 1. The van der Waals surface area contributed by atoms with Gasteiger partial charge in [-0.15, -0.1) is 0 Å². The van der Waals surface area contributed by atoms with Crippen molar-refractivity contribution >= 4 is 21.5 Å². The van der Waals surface area contributed by atoms with E-state index in [1.165, 1.54) is 36.7 Å². The van der Waals surface area contributed by atoms with Gasteiger partial charge in [-0.3, -0.25) is 10.1 Å². The second-order valence-corrected chi connectivity index (χ2v) is 7.34. The number of nitrogens with zero attached hydrogens (tertiary/aromatic N) is 3. The summed E-state index contributed by atoms with van der Waals surface area (Å²) in [5, 5.41) is 11.4. The Kier molecular flexibility index (Phi) is 4.72. The topological polar surface area (TPSA) is 107 Å². The number of aromatic nitrogens is 1. The fraction of sp³-hybridized carbons (Fsp3) is 0.118. The fourth-order valence-electron chi connectivity index (χ4n) is 2.44. The van der Waals surface area contributed by atoms with E-state index in [0.717, 1.165) is 4.31 Å². The van der Waals surface area contributed by atoms with E-state index >= 15 is 0 Å². The molecule has 0 amide bonds. The third kappa shape index (κ3) is 3.42. The van der Waals surface area contributed by atoms with Crippen LogP contribution < -0.4 is 4.31 Å². The van der Waals surface area contributed by atoms with Crippen molar-refractivity contribution < 1.29 is 17.8 Å². The van der Waals surface area contributed by atoms with Crippen LogP contribution in [-0.2, 0) is 16.6 Å². The van der Waals surface area contributed by atoms with E-state index in [1.807, 2.05) is 0 Å². The summed E-state index contributed by atoms with van der Waals surface area (Å²) in [6.45, 7) is 1.51. The predicted molar refractivity (Wildman–Crippen MR) is 94.1 cm³/mol. The van der Waals surface area contributed by atoms with Crippen LogP contribution in [0, 0.1) is 17.0 Å². The Hall–Kier alpha value is -3.20. The molecular weight excluding hydrogens is 358 g/mol. The van der Waals surface area contributed by atoms with Crippen LogP contribution in [-0.4, -0.2) is 18.3 Å². The molecular formula is C17H15N3O5S. The molecule has 134 valence electrons. The molecule has 0 unspecified atom stereocenters. The van der Waals surface area contributed by atoms with Gasteiger partial charge in [0.25, 0.3) is 15.7 Å². The Balaban J connectivity index is 2.15. The van der Waals surface area contributed by atoms with Crippen LogP contribution in [0.5, 0.6) is 0 Å². The number of anilines is 1. The highest BCUT2D eigenvalue weighted by atomic mass is 32.2. The van der Waals surface area contributed by atoms with Crippen molar-refractivity contribution in [1.82, 2.24) is 4.98 Å². The van der Waals surface area contributed by atoms with Crippen molar-refractivity contribution in [3.05, 3.63) is 82.4 Å². The minimum Gasteiger partial charge on any atom is -0.467 e. The molecule has 0 N–H and O–H groups in total. The normalized spacial score (nSPS) is 11.3. The third-order valence-corrected chi connectivity index (χ3v) is 5.46. The van der Waals surface area contributed by atoms with Gasteiger partial charge in [0.2, 0.25) is 0 Å². The monoisotopic (exact) mass is 373 g/mol. The van der Waals surface area contributed by atoms with Crippen LogP contribution in [0.3, 0.4) is 0 Å². The largest absolute Gasteiger partial charge is 0.467 e. The number of sulfonamides is 1. The molecule has 0 aliphatic rings. The molecule has 2 heterocycles. The highest BCUT2D eigenvalue weighted by Gasteiger charge is 2.33. The van der Waals surface area contributed by atoms with Gasteiger partial charge in [-0.05, 0) is 42.8 Å². The van der Waals surface area contributed by atoms with Crippen molar-refractivity contribution in [3.8, 4) is 0 Å². The van der Waals surface area contributed by atoms with Gasteiger partial charge in [0, 0.05) is 12.3 Å². The lowest BCUT2D eigenvalue weighted by atomic mass is 10.2. The summed E-state index contributed by atoms with van der Waals surface area (Å²) in [6.07, 6.45) is 2.87. The Morgan fingerprint density at radius 1 is 1.19 bits per heavy atom. The lowest BCUT2D eigenvalue weighted by molar-refractivity contribution is -0.387. The number of hydrogen-bond donors (Lipinski definition) is 0. The maximum absolute atomic E-state index is 13.2. The van der Waals surface area contributed by atoms with Gasteiger partial charge in [0.15, 0.2) is 4.90 Å². The number of nitro benzene ring substituents is 1. The van der Waals surface area contributed by atoms with Crippen molar-refractivity contribution in [1.29, 1.82) is 0 Å². The van der Waals surface area contributed by atoms with Crippen LogP contribution in [0.4, 0.5) is 11.5 Å². The number of aryl methyl sites for hydroxylation is 1. The van der Waals surface area contributed by atoms with E-state index in [9.17, 15) is 18.5 Å². The first-order valence-electron chi connectivity index (χ1n) is 7.61. The molecule has 3 rings (SSSR count). The lowest BCUT2D eigenvalue weighted by Gasteiger charge is -2.22. The zero-order chi connectivity index (χ0) is 18.7. The van der Waals surface area contributed by atoms with Crippen molar-refractivity contribution in [2.24, 2.45) is 0 Å². The Morgan fingerprint density at radius 2 is 2.00 bits per heavy atom. The highest BCUT2D eigenvalue weighted by molar-refractivity contribution is 7.93. The molecule has 0 radical (unpaired) electrons. The van der Waals surface area contributed by atoms with Crippen LogP contribution in [0.15, 0.2) is 70.3 Å². The number of hydrogen-bond acceptors (Lipinski definition) is 6. The summed E-state index contributed by atoms with van der Waals surface area (Å²) in [6, 6.07) is 12.0. The zero-order valence-corrected chi connectivity index (χ0v) is 14.6. The zero-order valence-electron chi connectivity index (χ0n) is 13.8. The lowest BCUT2D eigenvalue weighted by Crippen LogP contribution is -2.31. The predicted octanol–water partition coefficient (Wildman–Crippen LogP) is 3.29. The summed E-state index contributed by atoms with van der Waals surface area (Å²) < 4.78 is 32.7. The molecule has 26 heavy (non-hydrogen) atoms. The van der Waals surface area contributed by atoms with E-state index in [0.29, 0.717) is 11.3 Å². The number of nitro groups is 1. The maximum Gasteiger partial charge on any atom is 0.290 e. The molecule has 9 heteroatoms. The first kappa shape index (κ1) is 17.6. The molecule has 0 saturated carbocycles. The van der Waals surface area contributed by atoms with Gasteiger partial charge in [-0.1, -0.05) is 12.1 Å². The van der Waals surface area contributed by atoms with Gasteiger partial charge in [0.05, 0.1) is 17.7 Å². The first-order chi connectivity index (χ1) is 12.4. The van der Waals surface area contributed by atoms with E-state index in [4.69, 9.17) is 4.42 Å². The molecule has 2 aromatic heterocycles. The summed E-state index contributed by atoms with van der Waals surface area (Å²) in [5.74, 6) is 0.521. The summed E-state index contributed by atoms with van der Waals surface area (Å²) in [5.41, 5.74) is 0.108. The fourth-order valence-corrected chi connectivity index (χ4v) is 3.97. The minimum absolute atomic E-state index is 0.138. The molecule has 0 aliphatic carbocycles. The van der Waals surface area contributed by atoms with E-state index < -0.39 is 25.5 Å². The van der Waals surface area contributed by atoms with Crippen molar-refractivity contribution in [2.45, 2.75) is 18.4 Å². The molecule has 0 bridgehead atoms. The molecule has 0 spiro atoms. The standard InChI is InChI=1S/C17H15N3O5S/c1-13-7-8-16(15(11-13)20(21)22)26(23,24)19(12-14-5-4-10-25-14)17-6-2-3-9-18-17/h2-11H,12H2,1H3. The van der Waals surface area contributed by atoms with Gasteiger partial charge < -0.3 is 4.42 Å². The minimum atomic E-state index is -4.25. The van der Waals surface area contributed by atoms with Crippen LogP contribution in [0.2, 0.25) is 0 Å². The van der Waals surface area contributed by atoms with E-state index in [1.54, 1.807) is 31.2 Å². The van der Waals surface area contributed by atoms with Crippen molar-refractivity contribution in [2.75, 3.05) is 4.31 Å². The van der Waals surface area contributed by atoms with Gasteiger partial charge in [-0.25, -0.2) is 17.7 Å². The Labute approximate surface area is 149 Å². The Bertz CT molecular complexity index is 1020.